The van der Waals surface area contributed by atoms with Crippen LogP contribution in [0.2, 0.25) is 0 Å². The minimum Gasteiger partial charge on any atom is -0.291 e. The normalized spacial score (nSPS) is 18.2. The molecule has 0 bridgehead atoms. The summed E-state index contributed by atoms with van der Waals surface area (Å²) >= 11 is 0. The second-order valence-electron chi connectivity index (χ2n) is 6.30. The summed E-state index contributed by atoms with van der Waals surface area (Å²) in [6, 6.07) is 8.64. The molecule has 8 heteroatoms. The van der Waals surface area contributed by atoms with Gasteiger partial charge in [0.05, 0.1) is 17.5 Å². The third-order valence-electron chi connectivity index (χ3n) is 4.45. The fourth-order valence-electron chi connectivity index (χ4n) is 3.13. The molecule has 1 N–H and O–H groups in total. The Labute approximate surface area is 147 Å². The highest BCUT2D eigenvalue weighted by molar-refractivity contribution is 7.89. The van der Waals surface area contributed by atoms with Crippen LogP contribution >= 0.6 is 0 Å². The van der Waals surface area contributed by atoms with Crippen LogP contribution in [0.1, 0.15) is 30.6 Å². The summed E-state index contributed by atoms with van der Waals surface area (Å²) in [7, 11) is -3.18. The Morgan fingerprint density at radius 3 is 2.76 bits per heavy atom. The quantitative estimate of drug-likeness (QED) is 0.813. The Kier molecular flexibility index (Phi) is 5.51. The largest absolute Gasteiger partial charge is 0.291 e. The van der Waals surface area contributed by atoms with Crippen LogP contribution in [0.4, 0.5) is 4.39 Å². The van der Waals surface area contributed by atoms with Crippen LogP contribution in [-0.4, -0.2) is 41.9 Å². The number of benzene rings is 1. The van der Waals surface area contributed by atoms with E-state index >= 15 is 0 Å². The lowest BCUT2D eigenvalue weighted by Gasteiger charge is -2.34. The predicted molar refractivity (Wildman–Crippen MR) is 93.9 cm³/mol. The van der Waals surface area contributed by atoms with Crippen molar-refractivity contribution in [2.45, 2.75) is 32.5 Å². The molecule has 1 aliphatic heterocycles. The van der Waals surface area contributed by atoms with Crippen molar-refractivity contribution in [3.63, 3.8) is 0 Å². The monoisotopic (exact) mass is 366 g/mol. The molecule has 1 atom stereocenters. The SMILES string of the molecule is CCS(=O)(=O)NCC[C@H]1CN(Cc2ccc(F)cc2)Cc2ccnn21. The van der Waals surface area contributed by atoms with E-state index in [9.17, 15) is 12.8 Å². The molecular weight excluding hydrogens is 343 g/mol. The standard InChI is InChI=1S/C17H23FN4O2S/c1-2-25(23,24)20-10-8-17-13-21(12-16-7-9-19-22(16)17)11-14-3-5-15(18)6-4-14/h3-7,9,17,20H,2,8,10-13H2,1H3/t17-/m0/s1. The highest BCUT2D eigenvalue weighted by Gasteiger charge is 2.25. The number of fused-ring (bicyclic) bond motifs is 1. The second kappa shape index (κ2) is 7.63. The van der Waals surface area contributed by atoms with E-state index in [0.29, 0.717) is 13.0 Å². The Hall–Kier alpha value is -1.77. The van der Waals surface area contributed by atoms with E-state index in [2.05, 4.69) is 14.7 Å². The summed E-state index contributed by atoms with van der Waals surface area (Å²) in [6.07, 6.45) is 2.45. The van der Waals surface area contributed by atoms with E-state index in [1.54, 1.807) is 25.3 Å². The van der Waals surface area contributed by atoms with Crippen molar-refractivity contribution in [2.75, 3.05) is 18.8 Å². The summed E-state index contributed by atoms with van der Waals surface area (Å²) in [5.74, 6) is -0.150. The summed E-state index contributed by atoms with van der Waals surface area (Å²) in [6.45, 7) is 4.29. The molecule has 0 aliphatic carbocycles. The third kappa shape index (κ3) is 4.65. The van der Waals surface area contributed by atoms with Crippen molar-refractivity contribution < 1.29 is 12.8 Å². The molecule has 0 amide bonds. The summed E-state index contributed by atoms with van der Waals surface area (Å²) < 4.78 is 40.9. The van der Waals surface area contributed by atoms with Crippen molar-refractivity contribution in [1.29, 1.82) is 0 Å². The second-order valence-corrected chi connectivity index (χ2v) is 8.40. The number of nitrogens with zero attached hydrogens (tertiary/aromatic N) is 3. The van der Waals surface area contributed by atoms with Gasteiger partial charge in [-0.1, -0.05) is 12.1 Å². The lowest BCUT2D eigenvalue weighted by Crippen LogP contribution is -2.39. The number of rotatable bonds is 7. The zero-order chi connectivity index (χ0) is 17.9. The molecular formula is C17H23FN4O2S. The topological polar surface area (TPSA) is 67.2 Å². The first kappa shape index (κ1) is 18.0. The van der Waals surface area contributed by atoms with Crippen LogP contribution in [0.15, 0.2) is 36.5 Å². The van der Waals surface area contributed by atoms with E-state index in [1.807, 2.05) is 10.7 Å². The average molecular weight is 366 g/mol. The maximum absolute atomic E-state index is 13.1. The molecule has 1 aromatic heterocycles. The van der Waals surface area contributed by atoms with Gasteiger partial charge in [-0.05, 0) is 37.1 Å². The number of sulfonamides is 1. The molecule has 0 unspecified atom stereocenters. The molecule has 0 saturated heterocycles. The maximum atomic E-state index is 13.1. The zero-order valence-corrected chi connectivity index (χ0v) is 15.0. The van der Waals surface area contributed by atoms with Crippen molar-refractivity contribution in [1.82, 2.24) is 19.4 Å². The van der Waals surface area contributed by atoms with E-state index in [0.717, 1.165) is 30.9 Å². The first-order valence-electron chi connectivity index (χ1n) is 8.43. The fraction of sp³-hybridized carbons (Fsp3) is 0.471. The van der Waals surface area contributed by atoms with Gasteiger partial charge >= 0.3 is 0 Å². The molecule has 0 spiro atoms. The lowest BCUT2D eigenvalue weighted by atomic mass is 10.1. The zero-order valence-electron chi connectivity index (χ0n) is 14.2. The number of hydrogen-bond acceptors (Lipinski definition) is 4. The molecule has 1 aliphatic rings. The van der Waals surface area contributed by atoms with Gasteiger partial charge < -0.3 is 0 Å². The van der Waals surface area contributed by atoms with Crippen LogP contribution in [0.5, 0.6) is 0 Å². The molecule has 3 rings (SSSR count). The van der Waals surface area contributed by atoms with E-state index in [4.69, 9.17) is 0 Å². The fourth-order valence-corrected chi connectivity index (χ4v) is 3.76. The maximum Gasteiger partial charge on any atom is 0.211 e. The molecule has 2 aromatic rings. The average Bonchev–Trinajstić information content (AvgIpc) is 3.05. The first-order valence-corrected chi connectivity index (χ1v) is 10.1. The highest BCUT2D eigenvalue weighted by Crippen LogP contribution is 2.24. The van der Waals surface area contributed by atoms with Gasteiger partial charge in [-0.15, -0.1) is 0 Å². The predicted octanol–water partition coefficient (Wildman–Crippen LogP) is 1.91. The molecule has 1 aromatic carbocycles. The van der Waals surface area contributed by atoms with E-state index < -0.39 is 10.0 Å². The Morgan fingerprint density at radius 1 is 1.28 bits per heavy atom. The van der Waals surface area contributed by atoms with Crippen molar-refractivity contribution in [3.8, 4) is 0 Å². The third-order valence-corrected chi connectivity index (χ3v) is 5.86. The van der Waals surface area contributed by atoms with Gasteiger partial charge in [0, 0.05) is 32.4 Å². The van der Waals surface area contributed by atoms with Crippen LogP contribution in [0.25, 0.3) is 0 Å². The van der Waals surface area contributed by atoms with Gasteiger partial charge in [0.2, 0.25) is 10.0 Å². The van der Waals surface area contributed by atoms with Gasteiger partial charge in [0.15, 0.2) is 0 Å². The van der Waals surface area contributed by atoms with Gasteiger partial charge in [-0.25, -0.2) is 17.5 Å². The molecule has 0 fully saturated rings. The van der Waals surface area contributed by atoms with Gasteiger partial charge in [-0.2, -0.15) is 5.10 Å². The summed E-state index contributed by atoms with van der Waals surface area (Å²) in [5.41, 5.74) is 2.16. The lowest BCUT2D eigenvalue weighted by molar-refractivity contribution is 0.162. The molecule has 0 radical (unpaired) electrons. The number of aromatic nitrogens is 2. The Bertz CT molecular complexity index is 804. The molecule has 0 saturated carbocycles. The van der Waals surface area contributed by atoms with Crippen LogP contribution < -0.4 is 4.72 Å². The van der Waals surface area contributed by atoms with Gasteiger partial charge in [0.25, 0.3) is 0 Å². The Balaban J connectivity index is 1.65. The summed E-state index contributed by atoms with van der Waals surface area (Å²) in [5, 5.41) is 4.39. The van der Waals surface area contributed by atoms with Crippen LogP contribution in [0.3, 0.4) is 0 Å². The minimum absolute atomic E-state index is 0.0847. The molecule has 2 heterocycles. The summed E-state index contributed by atoms with van der Waals surface area (Å²) in [4.78, 5) is 2.28. The van der Waals surface area contributed by atoms with Crippen molar-refractivity contribution in [2.24, 2.45) is 0 Å². The number of nitrogens with one attached hydrogen (secondary N) is 1. The van der Waals surface area contributed by atoms with Crippen molar-refractivity contribution >= 4 is 10.0 Å². The number of hydrogen-bond donors (Lipinski definition) is 1. The van der Waals surface area contributed by atoms with Crippen molar-refractivity contribution in [3.05, 3.63) is 53.6 Å². The van der Waals surface area contributed by atoms with E-state index in [1.165, 1.54) is 12.1 Å². The van der Waals surface area contributed by atoms with Gasteiger partial charge in [0.1, 0.15) is 5.82 Å². The molecule has 25 heavy (non-hydrogen) atoms. The molecule has 136 valence electrons. The molecule has 6 nitrogen and oxygen atoms in total. The highest BCUT2D eigenvalue weighted by atomic mass is 32.2. The first-order chi connectivity index (χ1) is 12.0. The number of halogens is 1. The minimum atomic E-state index is -3.18. The van der Waals surface area contributed by atoms with Gasteiger partial charge in [-0.3, -0.25) is 9.58 Å². The van der Waals surface area contributed by atoms with E-state index in [-0.39, 0.29) is 17.6 Å². The smallest absolute Gasteiger partial charge is 0.211 e. The van der Waals surface area contributed by atoms with Crippen LogP contribution in [-0.2, 0) is 23.1 Å². The Morgan fingerprint density at radius 2 is 2.04 bits per heavy atom. The van der Waals surface area contributed by atoms with Crippen LogP contribution in [0, 0.1) is 5.82 Å².